The van der Waals surface area contributed by atoms with Gasteiger partial charge in [0, 0.05) is 24.8 Å². The average molecular weight is 398 g/mol. The zero-order valence-electron chi connectivity index (χ0n) is 16.8. The number of halogens is 1. The number of carbonyl (C=O) groups excluding carboxylic acids is 2. The maximum atomic E-state index is 13.3. The minimum atomic E-state index is -0.359. The summed E-state index contributed by atoms with van der Waals surface area (Å²) in [6.07, 6.45) is 6.77. The summed E-state index contributed by atoms with van der Waals surface area (Å²) in [5, 5.41) is 2.78. The molecule has 2 amide bonds. The van der Waals surface area contributed by atoms with E-state index in [1.54, 1.807) is 0 Å². The van der Waals surface area contributed by atoms with E-state index < -0.39 is 0 Å². The first-order chi connectivity index (χ1) is 14.1. The van der Waals surface area contributed by atoms with E-state index >= 15 is 0 Å². The molecule has 1 N–H and O–H groups in total. The van der Waals surface area contributed by atoms with Gasteiger partial charge < -0.3 is 14.8 Å². The highest BCUT2D eigenvalue weighted by molar-refractivity contribution is 6.05. The first-order valence-corrected chi connectivity index (χ1v) is 10.6. The van der Waals surface area contributed by atoms with Gasteiger partial charge in [0.05, 0.1) is 5.69 Å². The minimum Gasteiger partial charge on any atom is -0.333 e. The highest BCUT2D eigenvalue weighted by atomic mass is 19.1. The van der Waals surface area contributed by atoms with Gasteiger partial charge in [-0.15, -0.1) is 0 Å². The number of carbonyl (C=O) groups is 2. The van der Waals surface area contributed by atoms with Crippen molar-refractivity contribution >= 4 is 17.5 Å². The number of likely N-dealkylation sites (tertiary alicyclic amines) is 1. The van der Waals surface area contributed by atoms with Crippen LogP contribution < -0.4 is 5.32 Å². The van der Waals surface area contributed by atoms with E-state index in [1.807, 2.05) is 9.47 Å². The number of anilines is 1. The fourth-order valence-electron chi connectivity index (χ4n) is 4.43. The van der Waals surface area contributed by atoms with Gasteiger partial charge in [-0.05, 0) is 69.2 Å². The van der Waals surface area contributed by atoms with Gasteiger partial charge in [-0.25, -0.2) is 9.37 Å². The van der Waals surface area contributed by atoms with Crippen LogP contribution in [0.4, 0.5) is 10.1 Å². The monoisotopic (exact) mass is 398 g/mol. The Balaban J connectivity index is 1.64. The Morgan fingerprint density at radius 3 is 2.66 bits per heavy atom. The summed E-state index contributed by atoms with van der Waals surface area (Å²) >= 11 is 0. The predicted molar refractivity (Wildman–Crippen MR) is 108 cm³/mol. The zero-order chi connectivity index (χ0) is 20.4. The average Bonchev–Trinajstić information content (AvgIpc) is 3.14. The number of hydrogen-bond acceptors (Lipinski definition) is 3. The standard InChI is InChI=1S/C22H27FN4O2/c1-2-17-7-3-5-13-26(17)22(29)20-25-19(18-8-4-6-14-27(18)20)21(28)24-16-11-9-15(23)10-12-16/h9-12,17H,2-8,13-14H2,1H3,(H,24,28). The molecule has 2 aliphatic rings. The highest BCUT2D eigenvalue weighted by Crippen LogP contribution is 2.26. The van der Waals surface area contributed by atoms with Gasteiger partial charge >= 0.3 is 0 Å². The summed E-state index contributed by atoms with van der Waals surface area (Å²) in [6.45, 7) is 3.56. The van der Waals surface area contributed by atoms with Crippen molar-refractivity contribution < 1.29 is 14.0 Å². The predicted octanol–water partition coefficient (Wildman–Crippen LogP) is 4.02. The largest absolute Gasteiger partial charge is 0.333 e. The second-order valence-corrected chi connectivity index (χ2v) is 7.86. The van der Waals surface area contributed by atoms with Crippen LogP contribution in [0.3, 0.4) is 0 Å². The summed E-state index contributed by atoms with van der Waals surface area (Å²) < 4.78 is 15.1. The van der Waals surface area contributed by atoms with Crippen molar-refractivity contribution in [2.75, 3.05) is 11.9 Å². The van der Waals surface area contributed by atoms with Gasteiger partial charge in [0.2, 0.25) is 0 Å². The van der Waals surface area contributed by atoms with Crippen molar-refractivity contribution in [1.29, 1.82) is 0 Å². The second-order valence-electron chi connectivity index (χ2n) is 7.86. The molecule has 2 aliphatic heterocycles. The molecule has 1 saturated heterocycles. The van der Waals surface area contributed by atoms with E-state index in [-0.39, 0.29) is 23.7 Å². The van der Waals surface area contributed by atoms with E-state index in [9.17, 15) is 14.0 Å². The van der Waals surface area contributed by atoms with Crippen molar-refractivity contribution in [2.24, 2.45) is 0 Å². The van der Waals surface area contributed by atoms with Crippen LogP contribution in [0.1, 0.15) is 72.3 Å². The Labute approximate surface area is 170 Å². The third-order valence-corrected chi connectivity index (χ3v) is 5.99. The van der Waals surface area contributed by atoms with E-state index in [0.717, 1.165) is 57.2 Å². The molecule has 1 fully saturated rings. The van der Waals surface area contributed by atoms with Crippen LogP contribution in [0.15, 0.2) is 24.3 Å². The number of benzene rings is 1. The summed E-state index contributed by atoms with van der Waals surface area (Å²) in [5.41, 5.74) is 1.63. The molecule has 0 bridgehead atoms. The summed E-state index contributed by atoms with van der Waals surface area (Å²) in [5.74, 6) is -0.404. The number of rotatable bonds is 4. The smallest absolute Gasteiger partial charge is 0.290 e. The van der Waals surface area contributed by atoms with Gasteiger partial charge in [0.1, 0.15) is 5.82 Å². The molecule has 7 heteroatoms. The van der Waals surface area contributed by atoms with Crippen LogP contribution >= 0.6 is 0 Å². The number of fused-ring (bicyclic) bond motifs is 1. The molecule has 29 heavy (non-hydrogen) atoms. The lowest BCUT2D eigenvalue weighted by Crippen LogP contribution is -2.44. The molecule has 6 nitrogen and oxygen atoms in total. The molecular weight excluding hydrogens is 371 g/mol. The lowest BCUT2D eigenvalue weighted by molar-refractivity contribution is 0.0589. The maximum absolute atomic E-state index is 13.3. The summed E-state index contributed by atoms with van der Waals surface area (Å²) in [6, 6.07) is 5.87. The van der Waals surface area contributed by atoms with Crippen LogP contribution in [-0.4, -0.2) is 38.9 Å². The number of aromatic nitrogens is 2. The summed E-state index contributed by atoms with van der Waals surface area (Å²) in [7, 11) is 0. The maximum Gasteiger partial charge on any atom is 0.290 e. The van der Waals surface area contributed by atoms with Crippen LogP contribution in [0, 0.1) is 5.82 Å². The fourth-order valence-corrected chi connectivity index (χ4v) is 4.43. The molecule has 0 radical (unpaired) electrons. The Morgan fingerprint density at radius 2 is 1.90 bits per heavy atom. The molecule has 0 saturated carbocycles. The minimum absolute atomic E-state index is 0.0690. The third-order valence-electron chi connectivity index (χ3n) is 5.99. The fraction of sp³-hybridized carbons (Fsp3) is 0.500. The van der Waals surface area contributed by atoms with E-state index in [0.29, 0.717) is 23.8 Å². The van der Waals surface area contributed by atoms with Gasteiger partial charge in [-0.1, -0.05) is 6.92 Å². The molecule has 1 atom stereocenters. The van der Waals surface area contributed by atoms with Gasteiger partial charge in [-0.2, -0.15) is 0 Å². The number of hydrogen-bond donors (Lipinski definition) is 1. The molecule has 154 valence electrons. The van der Waals surface area contributed by atoms with Crippen molar-refractivity contribution in [3.05, 3.63) is 47.3 Å². The number of piperidine rings is 1. The van der Waals surface area contributed by atoms with E-state index in [2.05, 4.69) is 17.2 Å². The number of nitrogens with one attached hydrogen (secondary N) is 1. The SMILES string of the molecule is CCC1CCCCN1C(=O)c1nc(C(=O)Nc2ccc(F)cc2)c2n1CCCC2. The van der Waals surface area contributed by atoms with Crippen LogP contribution in [-0.2, 0) is 13.0 Å². The van der Waals surface area contributed by atoms with Crippen LogP contribution in [0.5, 0.6) is 0 Å². The van der Waals surface area contributed by atoms with E-state index in [1.165, 1.54) is 24.3 Å². The molecule has 1 aromatic carbocycles. The van der Waals surface area contributed by atoms with Gasteiger partial charge in [0.15, 0.2) is 11.5 Å². The normalized spacial score (nSPS) is 19.0. The summed E-state index contributed by atoms with van der Waals surface area (Å²) in [4.78, 5) is 32.7. The van der Waals surface area contributed by atoms with Crippen molar-refractivity contribution in [3.63, 3.8) is 0 Å². The lowest BCUT2D eigenvalue weighted by atomic mass is 10.00. The topological polar surface area (TPSA) is 67.2 Å². The van der Waals surface area contributed by atoms with Crippen LogP contribution in [0.25, 0.3) is 0 Å². The number of imidazole rings is 1. The van der Waals surface area contributed by atoms with Gasteiger partial charge in [0.25, 0.3) is 11.8 Å². The zero-order valence-corrected chi connectivity index (χ0v) is 16.8. The first kappa shape index (κ1) is 19.6. The Kier molecular flexibility index (Phi) is 5.65. The van der Waals surface area contributed by atoms with Crippen molar-refractivity contribution in [2.45, 2.75) is 64.5 Å². The molecule has 1 aromatic heterocycles. The molecule has 4 rings (SSSR count). The quantitative estimate of drug-likeness (QED) is 0.846. The van der Waals surface area contributed by atoms with E-state index in [4.69, 9.17) is 0 Å². The van der Waals surface area contributed by atoms with Crippen molar-refractivity contribution in [3.8, 4) is 0 Å². The lowest BCUT2D eigenvalue weighted by Gasteiger charge is -2.35. The highest BCUT2D eigenvalue weighted by Gasteiger charge is 2.33. The van der Waals surface area contributed by atoms with Crippen molar-refractivity contribution in [1.82, 2.24) is 14.5 Å². The molecule has 0 spiro atoms. The first-order valence-electron chi connectivity index (χ1n) is 10.6. The second kappa shape index (κ2) is 8.35. The van der Waals surface area contributed by atoms with Crippen LogP contribution in [0.2, 0.25) is 0 Å². The van der Waals surface area contributed by atoms with Gasteiger partial charge in [-0.3, -0.25) is 9.59 Å². The molecular formula is C22H27FN4O2. The molecule has 2 aromatic rings. The molecule has 1 unspecified atom stereocenters. The number of amides is 2. The third kappa shape index (κ3) is 3.91. The number of nitrogens with zero attached hydrogens (tertiary/aromatic N) is 3. The Hall–Kier alpha value is -2.70. The molecule has 3 heterocycles. The Morgan fingerprint density at radius 1 is 1.14 bits per heavy atom. The molecule has 0 aliphatic carbocycles. The Bertz CT molecular complexity index is 906.